The van der Waals surface area contributed by atoms with Crippen molar-refractivity contribution in [2.24, 2.45) is 0 Å². The van der Waals surface area contributed by atoms with Gasteiger partial charge in [0.2, 0.25) is 0 Å². The highest BCUT2D eigenvalue weighted by atomic mass is 32.1. The Kier molecular flexibility index (Phi) is 3.04. The third-order valence-corrected chi connectivity index (χ3v) is 5.96. The van der Waals surface area contributed by atoms with Gasteiger partial charge in [-0.15, -0.1) is 34.0 Å². The van der Waals surface area contributed by atoms with Gasteiger partial charge in [-0.25, -0.2) is 0 Å². The second kappa shape index (κ2) is 4.53. The maximum atomic E-state index is 3.43. The van der Waals surface area contributed by atoms with Crippen molar-refractivity contribution in [2.45, 2.75) is 13.0 Å². The summed E-state index contributed by atoms with van der Waals surface area (Å²) >= 11 is 5.54. The van der Waals surface area contributed by atoms with Crippen LogP contribution in [0.2, 0.25) is 0 Å². The Balaban J connectivity index is 2.06. The summed E-state index contributed by atoms with van der Waals surface area (Å²) < 4.78 is 2.80. The van der Waals surface area contributed by atoms with Gasteiger partial charge in [-0.3, -0.25) is 0 Å². The lowest BCUT2D eigenvalue weighted by Gasteiger charge is -2.14. The first-order chi connectivity index (χ1) is 8.29. The van der Waals surface area contributed by atoms with E-state index in [1.807, 2.05) is 41.1 Å². The predicted octanol–water partition coefficient (Wildman–Crippen LogP) is 4.64. The topological polar surface area (TPSA) is 12.0 Å². The van der Waals surface area contributed by atoms with E-state index in [1.165, 1.54) is 24.7 Å². The molecule has 1 N–H and O–H groups in total. The molecule has 0 amide bonds. The summed E-state index contributed by atoms with van der Waals surface area (Å²) in [5.74, 6) is 0. The van der Waals surface area contributed by atoms with Crippen LogP contribution >= 0.6 is 34.0 Å². The quantitative estimate of drug-likeness (QED) is 0.736. The summed E-state index contributed by atoms with van der Waals surface area (Å²) in [5.41, 5.74) is 1.41. The molecule has 0 fully saturated rings. The molecule has 1 atom stereocenters. The molecule has 0 aromatic carbocycles. The Morgan fingerprint density at radius 3 is 2.59 bits per heavy atom. The molecule has 4 heteroatoms. The van der Waals surface area contributed by atoms with Gasteiger partial charge in [0, 0.05) is 19.2 Å². The number of hydrogen-bond acceptors (Lipinski definition) is 4. The van der Waals surface area contributed by atoms with Crippen molar-refractivity contribution in [2.75, 3.05) is 7.05 Å². The number of aryl methyl sites for hydroxylation is 1. The first-order valence-electron chi connectivity index (χ1n) is 5.48. The molecule has 3 rings (SSSR count). The van der Waals surface area contributed by atoms with Crippen LogP contribution in [0.3, 0.4) is 0 Å². The smallest absolute Gasteiger partial charge is 0.0680 e. The summed E-state index contributed by atoms with van der Waals surface area (Å²) in [7, 11) is 2.04. The van der Waals surface area contributed by atoms with E-state index in [2.05, 4.69) is 41.2 Å². The lowest BCUT2D eigenvalue weighted by molar-refractivity contribution is 0.703. The highest BCUT2D eigenvalue weighted by molar-refractivity contribution is 7.27. The van der Waals surface area contributed by atoms with Gasteiger partial charge >= 0.3 is 0 Å². The molecule has 3 aromatic heterocycles. The van der Waals surface area contributed by atoms with Crippen LogP contribution in [0.5, 0.6) is 0 Å². The van der Waals surface area contributed by atoms with Crippen molar-refractivity contribution < 1.29 is 0 Å². The normalized spacial score (nSPS) is 13.3. The van der Waals surface area contributed by atoms with Gasteiger partial charge in [0.05, 0.1) is 6.04 Å². The summed E-state index contributed by atoms with van der Waals surface area (Å²) in [6.07, 6.45) is 0. The fraction of sp³-hybridized carbons (Fsp3) is 0.231. The minimum Gasteiger partial charge on any atom is -0.309 e. The van der Waals surface area contributed by atoms with Crippen molar-refractivity contribution in [1.82, 2.24) is 5.32 Å². The number of rotatable bonds is 3. The Morgan fingerprint density at radius 1 is 1.12 bits per heavy atom. The molecule has 0 aliphatic heterocycles. The van der Waals surface area contributed by atoms with Gasteiger partial charge in [0.25, 0.3) is 0 Å². The number of nitrogens with one attached hydrogen (secondary N) is 1. The fourth-order valence-electron chi connectivity index (χ4n) is 2.07. The molecule has 0 aliphatic carbocycles. The van der Waals surface area contributed by atoms with Crippen LogP contribution in [0.25, 0.3) is 9.40 Å². The molecule has 1 nitrogen and oxygen atoms in total. The first kappa shape index (κ1) is 11.4. The van der Waals surface area contributed by atoms with Gasteiger partial charge in [0.15, 0.2) is 0 Å². The third-order valence-electron chi connectivity index (χ3n) is 2.94. The molecular weight excluding hydrogens is 266 g/mol. The monoisotopic (exact) mass is 279 g/mol. The molecular formula is C13H13NS3. The maximum Gasteiger partial charge on any atom is 0.0680 e. The van der Waals surface area contributed by atoms with Gasteiger partial charge in [0.1, 0.15) is 0 Å². The zero-order chi connectivity index (χ0) is 11.8. The van der Waals surface area contributed by atoms with Gasteiger partial charge in [-0.1, -0.05) is 0 Å². The van der Waals surface area contributed by atoms with E-state index in [4.69, 9.17) is 0 Å². The van der Waals surface area contributed by atoms with E-state index in [-0.39, 0.29) is 0 Å². The third kappa shape index (κ3) is 1.95. The molecule has 1 unspecified atom stereocenters. The van der Waals surface area contributed by atoms with Crippen LogP contribution in [0.4, 0.5) is 0 Å². The molecule has 3 heterocycles. The van der Waals surface area contributed by atoms with Crippen molar-refractivity contribution in [3.63, 3.8) is 0 Å². The predicted molar refractivity (Wildman–Crippen MR) is 79.7 cm³/mol. The minimum absolute atomic E-state index is 0.339. The van der Waals surface area contributed by atoms with Crippen molar-refractivity contribution in [3.05, 3.63) is 44.3 Å². The second-order valence-electron chi connectivity index (χ2n) is 3.95. The average Bonchev–Trinajstić information content (AvgIpc) is 2.96. The molecule has 0 spiro atoms. The number of thiophene rings is 3. The lowest BCUT2D eigenvalue weighted by atomic mass is 10.1. The van der Waals surface area contributed by atoms with Gasteiger partial charge in [-0.2, -0.15) is 0 Å². The summed E-state index contributed by atoms with van der Waals surface area (Å²) in [5, 5.41) is 7.77. The highest BCUT2D eigenvalue weighted by Crippen LogP contribution is 2.37. The first-order valence-corrected chi connectivity index (χ1v) is 8.05. The van der Waals surface area contributed by atoms with Gasteiger partial charge in [-0.05, 0) is 48.5 Å². The molecule has 3 aromatic rings. The van der Waals surface area contributed by atoms with Crippen molar-refractivity contribution in [3.8, 4) is 0 Å². The van der Waals surface area contributed by atoms with Crippen LogP contribution in [0, 0.1) is 6.92 Å². The Labute approximate surface area is 113 Å². The fourth-order valence-corrected chi connectivity index (χ4v) is 5.06. The van der Waals surface area contributed by atoms with E-state index in [1.54, 1.807) is 0 Å². The Hall–Kier alpha value is -0.680. The van der Waals surface area contributed by atoms with E-state index in [0.717, 1.165) is 0 Å². The lowest BCUT2D eigenvalue weighted by Crippen LogP contribution is -2.16. The largest absolute Gasteiger partial charge is 0.309 e. The molecule has 0 bridgehead atoms. The van der Waals surface area contributed by atoms with E-state index >= 15 is 0 Å². The molecule has 17 heavy (non-hydrogen) atoms. The number of fused-ring (bicyclic) bond motifs is 1. The van der Waals surface area contributed by atoms with Crippen molar-refractivity contribution >= 4 is 43.4 Å². The zero-order valence-corrected chi connectivity index (χ0v) is 12.1. The summed E-state index contributed by atoms with van der Waals surface area (Å²) in [6.45, 7) is 2.19. The van der Waals surface area contributed by atoms with Crippen molar-refractivity contribution in [1.29, 1.82) is 0 Å². The standard InChI is InChI=1S/C13H13NS3/c1-8-9(3-5-15-8)13(14-2)12-7-11-10(17-12)4-6-16-11/h3-7,13-14H,1-2H3. The van der Waals surface area contributed by atoms with E-state index in [0.29, 0.717) is 6.04 Å². The SMILES string of the molecule is CNC(c1cc2sccc2s1)c1ccsc1C. The Bertz CT molecular complexity index is 603. The van der Waals surface area contributed by atoms with Crippen LogP contribution in [0.15, 0.2) is 29.0 Å². The summed E-state index contributed by atoms with van der Waals surface area (Å²) in [4.78, 5) is 2.82. The second-order valence-corrected chi connectivity index (χ2v) is 7.13. The van der Waals surface area contributed by atoms with Gasteiger partial charge < -0.3 is 5.32 Å². The summed E-state index contributed by atoms with van der Waals surface area (Å²) in [6, 6.07) is 7.10. The molecule has 0 saturated heterocycles. The Morgan fingerprint density at radius 2 is 1.94 bits per heavy atom. The number of hydrogen-bond donors (Lipinski definition) is 1. The molecule has 0 saturated carbocycles. The van der Waals surface area contributed by atoms with E-state index < -0.39 is 0 Å². The molecule has 88 valence electrons. The van der Waals surface area contributed by atoms with E-state index in [9.17, 15) is 0 Å². The molecule has 0 aliphatic rings. The minimum atomic E-state index is 0.339. The maximum absolute atomic E-state index is 3.43. The van der Waals surface area contributed by atoms with Crippen LogP contribution in [-0.4, -0.2) is 7.05 Å². The molecule has 0 radical (unpaired) electrons. The highest BCUT2D eigenvalue weighted by Gasteiger charge is 2.17. The average molecular weight is 279 g/mol. The van der Waals surface area contributed by atoms with Crippen LogP contribution in [-0.2, 0) is 0 Å². The zero-order valence-electron chi connectivity index (χ0n) is 9.69. The van der Waals surface area contributed by atoms with Crippen LogP contribution < -0.4 is 5.32 Å². The van der Waals surface area contributed by atoms with Crippen LogP contribution in [0.1, 0.15) is 21.4 Å².